The molecule has 2 heteroatoms. The van der Waals surface area contributed by atoms with Crippen LogP contribution >= 0.6 is 0 Å². The molecule has 0 saturated heterocycles. The van der Waals surface area contributed by atoms with E-state index in [1.54, 1.807) is 14.2 Å². The Morgan fingerprint density at radius 1 is 1.13 bits per heavy atom. The van der Waals surface area contributed by atoms with Crippen LogP contribution in [0.5, 0.6) is 0 Å². The Labute approximate surface area is 94.3 Å². The topological polar surface area (TPSA) is 18.5 Å². The molecule has 1 saturated carbocycles. The van der Waals surface area contributed by atoms with Gasteiger partial charge in [-0.05, 0) is 18.3 Å². The highest BCUT2D eigenvalue weighted by molar-refractivity contribution is 4.87. The minimum absolute atomic E-state index is 0.231. The third-order valence-electron chi connectivity index (χ3n) is 4.01. The van der Waals surface area contributed by atoms with E-state index < -0.39 is 0 Å². The molecule has 2 nitrogen and oxygen atoms in total. The Kier molecular flexibility index (Phi) is 5.07. The van der Waals surface area contributed by atoms with Crippen LogP contribution < -0.4 is 0 Å². The van der Waals surface area contributed by atoms with E-state index in [1.807, 2.05) is 0 Å². The molecule has 0 aliphatic heterocycles. The summed E-state index contributed by atoms with van der Waals surface area (Å²) >= 11 is 0. The quantitative estimate of drug-likeness (QED) is 0.648. The van der Waals surface area contributed by atoms with Crippen LogP contribution in [-0.2, 0) is 9.47 Å². The van der Waals surface area contributed by atoms with Gasteiger partial charge in [-0.25, -0.2) is 0 Å². The Hall–Kier alpha value is -0.0800. The molecule has 1 rings (SSSR count). The molecule has 1 aliphatic rings. The third-order valence-corrected chi connectivity index (χ3v) is 4.01. The van der Waals surface area contributed by atoms with Crippen LogP contribution in [0, 0.1) is 17.3 Å². The molecule has 0 N–H and O–H groups in total. The molecule has 1 aliphatic carbocycles. The maximum atomic E-state index is 5.41. The van der Waals surface area contributed by atoms with E-state index in [-0.39, 0.29) is 5.41 Å². The number of rotatable bonds is 7. The van der Waals surface area contributed by atoms with Crippen LogP contribution in [0.25, 0.3) is 0 Å². The molecule has 0 heterocycles. The highest BCUT2D eigenvalue weighted by Crippen LogP contribution is 2.42. The van der Waals surface area contributed by atoms with Gasteiger partial charge in [-0.15, -0.1) is 0 Å². The second kappa shape index (κ2) is 5.86. The highest BCUT2D eigenvalue weighted by atomic mass is 16.5. The van der Waals surface area contributed by atoms with Crippen molar-refractivity contribution in [3.05, 3.63) is 0 Å². The molecular weight excluding hydrogens is 188 g/mol. The van der Waals surface area contributed by atoms with Gasteiger partial charge in [0.15, 0.2) is 0 Å². The molecule has 0 aromatic heterocycles. The summed E-state index contributed by atoms with van der Waals surface area (Å²) in [5.41, 5.74) is 0.231. The maximum absolute atomic E-state index is 5.41. The smallest absolute Gasteiger partial charge is 0.0543 e. The van der Waals surface area contributed by atoms with Crippen molar-refractivity contribution in [1.29, 1.82) is 0 Å². The van der Waals surface area contributed by atoms with Gasteiger partial charge < -0.3 is 9.47 Å². The molecule has 0 unspecified atom stereocenters. The van der Waals surface area contributed by atoms with E-state index >= 15 is 0 Å². The van der Waals surface area contributed by atoms with Crippen LogP contribution in [0.4, 0.5) is 0 Å². The van der Waals surface area contributed by atoms with Crippen LogP contribution in [0.2, 0.25) is 0 Å². The summed E-state index contributed by atoms with van der Waals surface area (Å²) in [4.78, 5) is 0. The summed E-state index contributed by atoms with van der Waals surface area (Å²) in [5, 5.41) is 0. The van der Waals surface area contributed by atoms with Crippen molar-refractivity contribution < 1.29 is 9.47 Å². The minimum Gasteiger partial charge on any atom is -0.384 e. The highest BCUT2D eigenvalue weighted by Gasteiger charge is 2.37. The molecule has 0 aromatic rings. The predicted octanol–water partition coefficient (Wildman–Crippen LogP) is 3.11. The zero-order valence-corrected chi connectivity index (χ0v) is 10.7. The van der Waals surface area contributed by atoms with Crippen molar-refractivity contribution >= 4 is 0 Å². The van der Waals surface area contributed by atoms with Crippen molar-refractivity contribution in [3.8, 4) is 0 Å². The largest absolute Gasteiger partial charge is 0.384 e. The summed E-state index contributed by atoms with van der Waals surface area (Å²) in [5.74, 6) is 1.54. The van der Waals surface area contributed by atoms with Gasteiger partial charge in [0.2, 0.25) is 0 Å². The van der Waals surface area contributed by atoms with Crippen molar-refractivity contribution in [1.82, 2.24) is 0 Å². The first-order valence-corrected chi connectivity index (χ1v) is 6.12. The molecular formula is C13H26O2. The lowest BCUT2D eigenvalue weighted by Crippen LogP contribution is -2.40. The Morgan fingerprint density at radius 3 is 1.93 bits per heavy atom. The summed E-state index contributed by atoms with van der Waals surface area (Å²) in [7, 11) is 3.60. The summed E-state index contributed by atoms with van der Waals surface area (Å²) in [6.07, 6.45) is 5.49. The fourth-order valence-corrected chi connectivity index (χ4v) is 2.58. The molecule has 0 radical (unpaired) electrons. The van der Waals surface area contributed by atoms with Crippen molar-refractivity contribution in [3.63, 3.8) is 0 Å². The molecule has 0 atom stereocenters. The van der Waals surface area contributed by atoms with E-state index in [0.29, 0.717) is 5.92 Å². The molecule has 1 fully saturated rings. The van der Waals surface area contributed by atoms with Crippen molar-refractivity contribution in [2.24, 2.45) is 17.3 Å². The second-order valence-electron chi connectivity index (χ2n) is 5.38. The number of methoxy groups -OCH3 is 2. The second-order valence-corrected chi connectivity index (χ2v) is 5.38. The van der Waals surface area contributed by atoms with E-state index in [1.165, 1.54) is 25.7 Å². The lowest BCUT2D eigenvalue weighted by Gasteiger charge is -2.41. The van der Waals surface area contributed by atoms with Gasteiger partial charge in [0.1, 0.15) is 0 Å². The standard InChI is InChI=1S/C13H26O2/c1-11(2)13(9-14-3,10-15-4)8-12-6-5-7-12/h11-12H,5-10H2,1-4H3. The fourth-order valence-electron chi connectivity index (χ4n) is 2.58. The normalized spacial score (nSPS) is 18.2. The van der Waals surface area contributed by atoms with Gasteiger partial charge in [0, 0.05) is 19.6 Å². The van der Waals surface area contributed by atoms with E-state index in [0.717, 1.165) is 19.1 Å². The summed E-state index contributed by atoms with van der Waals surface area (Å²) in [6, 6.07) is 0. The summed E-state index contributed by atoms with van der Waals surface area (Å²) < 4.78 is 10.8. The third kappa shape index (κ3) is 3.18. The van der Waals surface area contributed by atoms with Gasteiger partial charge in [0.25, 0.3) is 0 Å². The minimum atomic E-state index is 0.231. The van der Waals surface area contributed by atoms with Crippen LogP contribution in [0.3, 0.4) is 0 Å². The molecule has 0 spiro atoms. The number of hydrogen-bond acceptors (Lipinski definition) is 2. The van der Waals surface area contributed by atoms with Gasteiger partial charge in [0.05, 0.1) is 13.2 Å². The Morgan fingerprint density at radius 2 is 1.67 bits per heavy atom. The molecule has 0 aromatic carbocycles. The Bertz CT molecular complexity index is 167. The average molecular weight is 214 g/mol. The first-order chi connectivity index (χ1) is 7.14. The van der Waals surface area contributed by atoms with Crippen LogP contribution in [0.15, 0.2) is 0 Å². The van der Waals surface area contributed by atoms with Crippen LogP contribution in [-0.4, -0.2) is 27.4 Å². The maximum Gasteiger partial charge on any atom is 0.0543 e. The Balaban J connectivity index is 2.60. The van der Waals surface area contributed by atoms with Crippen LogP contribution in [0.1, 0.15) is 39.5 Å². The van der Waals surface area contributed by atoms with Gasteiger partial charge in [-0.3, -0.25) is 0 Å². The molecule has 0 amide bonds. The zero-order chi connectivity index (χ0) is 11.3. The van der Waals surface area contributed by atoms with Gasteiger partial charge >= 0.3 is 0 Å². The van der Waals surface area contributed by atoms with Crippen molar-refractivity contribution in [2.75, 3.05) is 27.4 Å². The number of ether oxygens (including phenoxy) is 2. The SMILES string of the molecule is COCC(COC)(CC1CCC1)C(C)C. The lowest BCUT2D eigenvalue weighted by atomic mass is 9.67. The first kappa shape index (κ1) is 13.0. The molecule has 90 valence electrons. The zero-order valence-electron chi connectivity index (χ0n) is 10.7. The molecule has 0 bridgehead atoms. The van der Waals surface area contributed by atoms with Gasteiger partial charge in [-0.1, -0.05) is 33.1 Å². The first-order valence-electron chi connectivity index (χ1n) is 6.12. The lowest BCUT2D eigenvalue weighted by molar-refractivity contribution is -0.0432. The monoisotopic (exact) mass is 214 g/mol. The number of hydrogen-bond donors (Lipinski definition) is 0. The van der Waals surface area contributed by atoms with Crippen molar-refractivity contribution in [2.45, 2.75) is 39.5 Å². The van der Waals surface area contributed by atoms with E-state index in [9.17, 15) is 0 Å². The van der Waals surface area contributed by atoms with E-state index in [2.05, 4.69) is 13.8 Å². The average Bonchev–Trinajstić information content (AvgIpc) is 2.11. The van der Waals surface area contributed by atoms with E-state index in [4.69, 9.17) is 9.47 Å². The summed E-state index contributed by atoms with van der Waals surface area (Å²) in [6.45, 7) is 6.23. The molecule has 15 heavy (non-hydrogen) atoms. The predicted molar refractivity (Wildman–Crippen MR) is 63.0 cm³/mol. The fraction of sp³-hybridized carbons (Fsp3) is 1.00. The van der Waals surface area contributed by atoms with Gasteiger partial charge in [-0.2, -0.15) is 0 Å².